The molecule has 1 aromatic heterocycles. The van der Waals surface area contributed by atoms with E-state index in [2.05, 4.69) is 20.2 Å². The maximum Gasteiger partial charge on any atom is 0.291 e. The first-order valence-electron chi connectivity index (χ1n) is 10.3. The molecule has 1 amide bonds. The lowest BCUT2D eigenvalue weighted by Gasteiger charge is -2.26. The molecule has 1 aliphatic heterocycles. The summed E-state index contributed by atoms with van der Waals surface area (Å²) in [7, 11) is -6.92. The number of morpholine rings is 1. The molecule has 2 N–H and O–H groups in total. The van der Waals surface area contributed by atoms with Crippen LogP contribution in [0.2, 0.25) is 5.02 Å². The SMILES string of the molecule is COc1ccc(NS(=O)(=O)c2nnc(NC(=O)c3ccccc3Cl)s2)cc1S(=O)(=O)N1CCOCC1. The topological polar surface area (TPSA) is 157 Å². The lowest BCUT2D eigenvalue weighted by Crippen LogP contribution is -2.40. The Kier molecular flexibility index (Phi) is 7.77. The number of hydrogen-bond acceptors (Lipinski definition) is 10. The molecule has 0 atom stereocenters. The summed E-state index contributed by atoms with van der Waals surface area (Å²) in [6.07, 6.45) is 0. The second-order valence-corrected chi connectivity index (χ2v) is 12.4. The predicted molar refractivity (Wildman–Crippen MR) is 133 cm³/mol. The molecule has 3 aromatic rings. The number of hydrogen-bond donors (Lipinski definition) is 2. The minimum absolute atomic E-state index is 0.0283. The summed E-state index contributed by atoms with van der Waals surface area (Å²) in [6.45, 7) is 0.824. The van der Waals surface area contributed by atoms with Crippen molar-refractivity contribution >= 4 is 59.7 Å². The average molecular weight is 574 g/mol. The van der Waals surface area contributed by atoms with Crippen molar-refractivity contribution in [1.29, 1.82) is 0 Å². The lowest BCUT2D eigenvalue weighted by atomic mass is 10.2. The van der Waals surface area contributed by atoms with Crippen molar-refractivity contribution in [2.24, 2.45) is 0 Å². The van der Waals surface area contributed by atoms with Gasteiger partial charge in [0.15, 0.2) is 0 Å². The number of nitrogens with one attached hydrogen (secondary N) is 2. The number of sulfonamides is 2. The maximum atomic E-state index is 13.1. The first-order chi connectivity index (χ1) is 17.1. The van der Waals surface area contributed by atoms with Crippen molar-refractivity contribution in [3.63, 3.8) is 0 Å². The quantitative estimate of drug-likeness (QED) is 0.386. The van der Waals surface area contributed by atoms with Gasteiger partial charge in [-0.2, -0.15) is 12.7 Å². The smallest absolute Gasteiger partial charge is 0.291 e. The zero-order chi connectivity index (χ0) is 25.9. The molecular weight excluding hydrogens is 554 g/mol. The monoisotopic (exact) mass is 573 g/mol. The highest BCUT2D eigenvalue weighted by Gasteiger charge is 2.30. The van der Waals surface area contributed by atoms with E-state index in [1.165, 1.54) is 35.7 Å². The third kappa shape index (κ3) is 5.61. The van der Waals surface area contributed by atoms with Gasteiger partial charge in [-0.15, -0.1) is 10.2 Å². The van der Waals surface area contributed by atoms with Crippen LogP contribution in [-0.4, -0.2) is 70.7 Å². The standard InChI is InChI=1S/C20H20ClN5O7S3/c1-32-16-7-6-13(12-17(16)36(30,31)26-8-10-33-11-9-26)25-35(28,29)20-24-23-19(34-20)22-18(27)14-4-2-3-5-15(14)21/h2-7,12,25H,8-11H2,1H3,(H,22,23,27). The number of benzene rings is 2. The van der Waals surface area contributed by atoms with E-state index in [4.69, 9.17) is 21.1 Å². The molecular formula is C20H20ClN5O7S3. The van der Waals surface area contributed by atoms with E-state index in [1.807, 2.05) is 0 Å². The lowest BCUT2D eigenvalue weighted by molar-refractivity contribution is 0.0729. The molecule has 2 heterocycles. The van der Waals surface area contributed by atoms with E-state index in [0.29, 0.717) is 11.3 Å². The number of carbonyl (C=O) groups is 1. The molecule has 4 rings (SSSR count). The van der Waals surface area contributed by atoms with Crippen LogP contribution in [0.25, 0.3) is 0 Å². The molecule has 1 saturated heterocycles. The van der Waals surface area contributed by atoms with Gasteiger partial charge >= 0.3 is 0 Å². The van der Waals surface area contributed by atoms with E-state index in [0.717, 1.165) is 0 Å². The zero-order valence-corrected chi connectivity index (χ0v) is 21.9. The minimum atomic E-state index is -4.26. The summed E-state index contributed by atoms with van der Waals surface area (Å²) < 4.78 is 65.6. The number of methoxy groups -OCH3 is 1. The number of amides is 1. The van der Waals surface area contributed by atoms with Crippen molar-refractivity contribution in [1.82, 2.24) is 14.5 Å². The highest BCUT2D eigenvalue weighted by atomic mass is 35.5. The molecule has 0 aliphatic carbocycles. The molecule has 1 aliphatic rings. The van der Waals surface area contributed by atoms with Crippen LogP contribution in [0.4, 0.5) is 10.8 Å². The first-order valence-corrected chi connectivity index (χ1v) is 14.4. The van der Waals surface area contributed by atoms with Gasteiger partial charge in [0.25, 0.3) is 20.3 Å². The summed E-state index contributed by atoms with van der Waals surface area (Å²) in [5.41, 5.74) is 0.156. The van der Waals surface area contributed by atoms with E-state index in [1.54, 1.807) is 18.2 Å². The van der Waals surface area contributed by atoms with Gasteiger partial charge in [0.2, 0.25) is 15.2 Å². The fraction of sp³-hybridized carbons (Fsp3) is 0.250. The third-order valence-corrected chi connectivity index (χ3v) is 9.82. The molecule has 0 bridgehead atoms. The number of ether oxygens (including phenoxy) is 2. The Morgan fingerprint density at radius 2 is 1.83 bits per heavy atom. The van der Waals surface area contributed by atoms with Crippen LogP contribution >= 0.6 is 22.9 Å². The van der Waals surface area contributed by atoms with Crippen LogP contribution < -0.4 is 14.8 Å². The highest BCUT2D eigenvalue weighted by molar-refractivity contribution is 7.94. The second kappa shape index (κ2) is 10.7. The fourth-order valence-electron chi connectivity index (χ4n) is 3.25. The number of halogens is 1. The number of rotatable bonds is 8. The zero-order valence-electron chi connectivity index (χ0n) is 18.7. The van der Waals surface area contributed by atoms with Crippen molar-refractivity contribution < 1.29 is 31.1 Å². The number of aromatic nitrogens is 2. The molecule has 192 valence electrons. The molecule has 0 radical (unpaired) electrons. The summed E-state index contributed by atoms with van der Waals surface area (Å²) in [6, 6.07) is 10.2. The van der Waals surface area contributed by atoms with Gasteiger partial charge in [-0.25, -0.2) is 8.42 Å². The van der Waals surface area contributed by atoms with Crippen molar-refractivity contribution in [2.75, 3.05) is 43.5 Å². The molecule has 16 heteroatoms. The van der Waals surface area contributed by atoms with E-state index in [-0.39, 0.29) is 58.4 Å². The van der Waals surface area contributed by atoms with Crippen LogP contribution in [0.15, 0.2) is 51.7 Å². The normalized spacial score (nSPS) is 14.8. The van der Waals surface area contributed by atoms with Crippen LogP contribution in [0.5, 0.6) is 5.75 Å². The Morgan fingerprint density at radius 3 is 2.53 bits per heavy atom. The summed E-state index contributed by atoms with van der Waals surface area (Å²) in [5.74, 6) is -0.522. The number of anilines is 2. The van der Waals surface area contributed by atoms with Crippen LogP contribution in [-0.2, 0) is 24.8 Å². The minimum Gasteiger partial charge on any atom is -0.495 e. The van der Waals surface area contributed by atoms with Gasteiger partial charge in [0.05, 0.1) is 36.6 Å². The van der Waals surface area contributed by atoms with Gasteiger partial charge in [-0.1, -0.05) is 35.1 Å². The Hall–Kier alpha value is -2.82. The van der Waals surface area contributed by atoms with E-state index >= 15 is 0 Å². The van der Waals surface area contributed by atoms with Crippen molar-refractivity contribution in [3.05, 3.63) is 53.1 Å². The van der Waals surface area contributed by atoms with Gasteiger partial charge < -0.3 is 9.47 Å². The van der Waals surface area contributed by atoms with E-state index in [9.17, 15) is 21.6 Å². The Balaban J connectivity index is 1.55. The van der Waals surface area contributed by atoms with Gasteiger partial charge in [0.1, 0.15) is 10.6 Å². The Bertz CT molecular complexity index is 1490. The molecule has 0 spiro atoms. The third-order valence-electron chi connectivity index (χ3n) is 4.98. The number of nitrogens with zero attached hydrogens (tertiary/aromatic N) is 3. The summed E-state index contributed by atoms with van der Waals surface area (Å²) in [5, 5.41) is 9.95. The number of carbonyl (C=O) groups excluding carboxylic acids is 1. The average Bonchev–Trinajstić information content (AvgIpc) is 3.34. The van der Waals surface area contributed by atoms with Crippen molar-refractivity contribution in [2.45, 2.75) is 9.24 Å². The molecule has 0 unspecified atom stereocenters. The molecule has 0 saturated carbocycles. The van der Waals surface area contributed by atoms with Crippen LogP contribution in [0.1, 0.15) is 10.4 Å². The van der Waals surface area contributed by atoms with Crippen LogP contribution in [0.3, 0.4) is 0 Å². The summed E-state index contributed by atoms with van der Waals surface area (Å²) in [4.78, 5) is 12.2. The summed E-state index contributed by atoms with van der Waals surface area (Å²) >= 11 is 6.62. The molecule has 2 aromatic carbocycles. The maximum absolute atomic E-state index is 13.1. The largest absolute Gasteiger partial charge is 0.495 e. The molecule has 12 nitrogen and oxygen atoms in total. The molecule has 36 heavy (non-hydrogen) atoms. The fourth-order valence-corrected chi connectivity index (χ4v) is 7.00. The first kappa shape index (κ1) is 26.2. The van der Waals surface area contributed by atoms with Crippen molar-refractivity contribution in [3.8, 4) is 5.75 Å². The van der Waals surface area contributed by atoms with E-state index < -0.39 is 30.3 Å². The van der Waals surface area contributed by atoms with Gasteiger partial charge in [0, 0.05) is 13.1 Å². The highest BCUT2D eigenvalue weighted by Crippen LogP contribution is 2.31. The van der Waals surface area contributed by atoms with Gasteiger partial charge in [-0.05, 0) is 30.3 Å². The van der Waals surface area contributed by atoms with Crippen LogP contribution in [0, 0.1) is 0 Å². The second-order valence-electron chi connectivity index (χ2n) is 7.29. The Morgan fingerprint density at radius 1 is 1.11 bits per heavy atom. The Labute approximate surface area is 216 Å². The molecule has 1 fully saturated rings. The predicted octanol–water partition coefficient (Wildman–Crippen LogP) is 2.27. The van der Waals surface area contributed by atoms with Gasteiger partial charge in [-0.3, -0.25) is 14.8 Å².